The van der Waals surface area contributed by atoms with E-state index in [2.05, 4.69) is 30.2 Å². The molecule has 1 fully saturated rings. The molecule has 1 amide bonds. The average molecular weight is 273 g/mol. The van der Waals surface area contributed by atoms with Crippen molar-refractivity contribution in [3.8, 4) is 0 Å². The zero-order chi connectivity index (χ0) is 14.2. The third kappa shape index (κ3) is 2.44. The molecule has 1 unspecified atom stereocenters. The number of amides is 1. The summed E-state index contributed by atoms with van der Waals surface area (Å²) in [5.41, 5.74) is 2.39. The minimum absolute atomic E-state index is 0.0462. The van der Waals surface area contributed by atoms with Gasteiger partial charge in [-0.15, -0.1) is 0 Å². The Bertz CT molecular complexity index is 512. The van der Waals surface area contributed by atoms with Crippen LogP contribution in [0.5, 0.6) is 0 Å². The molecule has 0 aliphatic carbocycles. The summed E-state index contributed by atoms with van der Waals surface area (Å²) in [5.74, 6) is 0.254. The maximum Gasteiger partial charge on any atom is 0.240 e. The van der Waals surface area contributed by atoms with Gasteiger partial charge < -0.3 is 10.2 Å². The number of rotatable bonds is 1. The van der Waals surface area contributed by atoms with E-state index >= 15 is 0 Å². The van der Waals surface area contributed by atoms with Crippen molar-refractivity contribution in [2.75, 3.05) is 13.1 Å². The van der Waals surface area contributed by atoms with Crippen molar-refractivity contribution in [3.05, 3.63) is 29.6 Å². The van der Waals surface area contributed by atoms with Crippen LogP contribution in [0.3, 0.4) is 0 Å². The SMILES string of the molecule is CC1(C)CCCNC1C(=O)N1CCc2ncccc2C1. The molecule has 108 valence electrons. The molecule has 1 atom stereocenters. The Morgan fingerprint density at radius 1 is 1.50 bits per heavy atom. The molecule has 0 saturated carbocycles. The fourth-order valence-electron chi connectivity index (χ4n) is 3.37. The Balaban J connectivity index is 1.76. The van der Waals surface area contributed by atoms with Crippen LogP contribution in [-0.2, 0) is 17.8 Å². The maximum atomic E-state index is 12.8. The fraction of sp³-hybridized carbons (Fsp3) is 0.625. The number of aromatic nitrogens is 1. The monoisotopic (exact) mass is 273 g/mol. The van der Waals surface area contributed by atoms with Crippen molar-refractivity contribution in [2.24, 2.45) is 5.41 Å². The van der Waals surface area contributed by atoms with Crippen molar-refractivity contribution in [3.63, 3.8) is 0 Å². The first-order valence-corrected chi connectivity index (χ1v) is 7.53. The summed E-state index contributed by atoms with van der Waals surface area (Å²) in [4.78, 5) is 19.2. The van der Waals surface area contributed by atoms with Gasteiger partial charge >= 0.3 is 0 Å². The summed E-state index contributed by atoms with van der Waals surface area (Å²) in [5, 5.41) is 3.42. The van der Waals surface area contributed by atoms with Crippen LogP contribution >= 0.6 is 0 Å². The van der Waals surface area contributed by atoms with Gasteiger partial charge in [-0.1, -0.05) is 19.9 Å². The van der Waals surface area contributed by atoms with Gasteiger partial charge in [0, 0.05) is 31.4 Å². The molecule has 20 heavy (non-hydrogen) atoms. The fourth-order valence-corrected chi connectivity index (χ4v) is 3.37. The van der Waals surface area contributed by atoms with Crippen LogP contribution in [0, 0.1) is 5.41 Å². The van der Waals surface area contributed by atoms with Crippen molar-refractivity contribution >= 4 is 5.91 Å². The third-order valence-electron chi connectivity index (χ3n) is 4.65. The molecule has 1 saturated heterocycles. The van der Waals surface area contributed by atoms with Gasteiger partial charge in [-0.3, -0.25) is 9.78 Å². The predicted octanol–water partition coefficient (Wildman–Crippen LogP) is 1.74. The van der Waals surface area contributed by atoms with Gasteiger partial charge in [-0.2, -0.15) is 0 Å². The number of nitrogens with one attached hydrogen (secondary N) is 1. The van der Waals surface area contributed by atoms with E-state index in [1.165, 1.54) is 5.56 Å². The summed E-state index contributed by atoms with van der Waals surface area (Å²) >= 11 is 0. The van der Waals surface area contributed by atoms with Crippen molar-refractivity contribution in [2.45, 2.75) is 45.7 Å². The second kappa shape index (κ2) is 5.17. The molecule has 0 radical (unpaired) electrons. The second-order valence-corrected chi connectivity index (χ2v) is 6.60. The van der Waals surface area contributed by atoms with E-state index < -0.39 is 0 Å². The molecule has 2 aliphatic rings. The summed E-state index contributed by atoms with van der Waals surface area (Å²) in [6.45, 7) is 6.83. The Morgan fingerprint density at radius 2 is 2.35 bits per heavy atom. The molecule has 2 aliphatic heterocycles. The highest BCUT2D eigenvalue weighted by atomic mass is 16.2. The first-order chi connectivity index (χ1) is 9.58. The summed E-state index contributed by atoms with van der Waals surface area (Å²) in [7, 11) is 0. The molecule has 0 spiro atoms. The van der Waals surface area contributed by atoms with Crippen LogP contribution in [0.1, 0.15) is 37.9 Å². The number of nitrogens with zero attached hydrogens (tertiary/aromatic N) is 2. The number of hydrogen-bond donors (Lipinski definition) is 1. The van der Waals surface area contributed by atoms with Gasteiger partial charge in [0.15, 0.2) is 0 Å². The Kier molecular flexibility index (Phi) is 3.50. The van der Waals surface area contributed by atoms with Crippen molar-refractivity contribution in [1.29, 1.82) is 0 Å². The zero-order valence-corrected chi connectivity index (χ0v) is 12.4. The number of carbonyl (C=O) groups is 1. The first kappa shape index (κ1) is 13.6. The van der Waals surface area contributed by atoms with E-state index in [0.29, 0.717) is 6.54 Å². The van der Waals surface area contributed by atoms with Crippen LogP contribution in [-0.4, -0.2) is 34.9 Å². The molecule has 3 heterocycles. The largest absolute Gasteiger partial charge is 0.337 e. The summed E-state index contributed by atoms with van der Waals surface area (Å²) in [6, 6.07) is 3.99. The topological polar surface area (TPSA) is 45.2 Å². The molecular weight excluding hydrogens is 250 g/mol. The van der Waals surface area contributed by atoms with E-state index in [-0.39, 0.29) is 17.4 Å². The number of pyridine rings is 1. The highest BCUT2D eigenvalue weighted by Crippen LogP contribution is 2.32. The van der Waals surface area contributed by atoms with Crippen LogP contribution < -0.4 is 5.32 Å². The highest BCUT2D eigenvalue weighted by Gasteiger charge is 2.39. The van der Waals surface area contributed by atoms with Crippen LogP contribution in [0.25, 0.3) is 0 Å². The van der Waals surface area contributed by atoms with E-state index in [1.54, 1.807) is 0 Å². The second-order valence-electron chi connectivity index (χ2n) is 6.60. The average Bonchev–Trinajstić information content (AvgIpc) is 2.45. The van der Waals surface area contributed by atoms with Crippen LogP contribution in [0.2, 0.25) is 0 Å². The zero-order valence-electron chi connectivity index (χ0n) is 12.4. The minimum Gasteiger partial charge on any atom is -0.337 e. The smallest absolute Gasteiger partial charge is 0.240 e. The maximum absolute atomic E-state index is 12.8. The van der Waals surface area contributed by atoms with Crippen molar-refractivity contribution in [1.82, 2.24) is 15.2 Å². The van der Waals surface area contributed by atoms with E-state index in [1.807, 2.05) is 17.2 Å². The van der Waals surface area contributed by atoms with Gasteiger partial charge in [0.25, 0.3) is 0 Å². The molecule has 0 aromatic carbocycles. The third-order valence-corrected chi connectivity index (χ3v) is 4.65. The number of fused-ring (bicyclic) bond motifs is 1. The molecule has 3 rings (SSSR count). The van der Waals surface area contributed by atoms with Gasteiger partial charge in [0.2, 0.25) is 5.91 Å². The van der Waals surface area contributed by atoms with Gasteiger partial charge in [-0.25, -0.2) is 0 Å². The lowest BCUT2D eigenvalue weighted by Crippen LogP contribution is -2.57. The molecule has 1 aromatic rings. The van der Waals surface area contributed by atoms with E-state index in [9.17, 15) is 4.79 Å². The lowest BCUT2D eigenvalue weighted by atomic mass is 9.77. The standard InChI is InChI=1S/C16H23N3O/c1-16(2)7-4-9-18-14(16)15(20)19-10-6-13-12(11-19)5-3-8-17-13/h3,5,8,14,18H,4,6-7,9-11H2,1-2H3. The summed E-state index contributed by atoms with van der Waals surface area (Å²) < 4.78 is 0. The molecule has 0 bridgehead atoms. The van der Waals surface area contributed by atoms with E-state index in [0.717, 1.165) is 38.0 Å². The van der Waals surface area contributed by atoms with Crippen molar-refractivity contribution < 1.29 is 4.79 Å². The highest BCUT2D eigenvalue weighted by molar-refractivity contribution is 5.83. The Labute approximate surface area is 120 Å². The number of hydrogen-bond acceptors (Lipinski definition) is 3. The Hall–Kier alpha value is -1.42. The van der Waals surface area contributed by atoms with E-state index in [4.69, 9.17) is 0 Å². The Morgan fingerprint density at radius 3 is 3.15 bits per heavy atom. The molecule has 4 nitrogen and oxygen atoms in total. The van der Waals surface area contributed by atoms with Gasteiger partial charge in [0.05, 0.1) is 6.04 Å². The predicted molar refractivity (Wildman–Crippen MR) is 78.2 cm³/mol. The summed E-state index contributed by atoms with van der Waals surface area (Å²) in [6.07, 6.45) is 4.98. The van der Waals surface area contributed by atoms with Crippen LogP contribution in [0.15, 0.2) is 18.3 Å². The molecular formula is C16H23N3O. The normalized spacial score (nSPS) is 25.1. The lowest BCUT2D eigenvalue weighted by Gasteiger charge is -2.41. The lowest BCUT2D eigenvalue weighted by molar-refractivity contribution is -0.138. The number of carbonyl (C=O) groups excluding carboxylic acids is 1. The first-order valence-electron chi connectivity index (χ1n) is 7.53. The minimum atomic E-state index is -0.0468. The molecule has 1 N–H and O–H groups in total. The van der Waals surface area contributed by atoms with Gasteiger partial charge in [0.1, 0.15) is 0 Å². The molecule has 4 heteroatoms. The van der Waals surface area contributed by atoms with Gasteiger partial charge in [-0.05, 0) is 36.4 Å². The number of piperidine rings is 1. The quantitative estimate of drug-likeness (QED) is 0.848. The van der Waals surface area contributed by atoms with Crippen LogP contribution in [0.4, 0.5) is 0 Å². The molecule has 1 aromatic heterocycles.